The van der Waals surface area contributed by atoms with Gasteiger partial charge < -0.3 is 26.0 Å². The molecule has 1 aromatic rings. The van der Waals surface area contributed by atoms with E-state index in [1.807, 2.05) is 0 Å². The number of aliphatic carboxylic acids is 1. The monoisotopic (exact) mass is 296 g/mol. The van der Waals surface area contributed by atoms with Crippen LogP contribution in [0.3, 0.4) is 0 Å². The first-order valence-corrected chi connectivity index (χ1v) is 6.04. The highest BCUT2D eigenvalue weighted by atomic mass is 16.5. The topological polar surface area (TPSA) is 139 Å². The van der Waals surface area contributed by atoms with Crippen LogP contribution in [0.25, 0.3) is 0 Å². The van der Waals surface area contributed by atoms with Crippen molar-refractivity contribution < 1.29 is 29.3 Å². The number of amides is 2. The summed E-state index contributed by atoms with van der Waals surface area (Å²) in [5, 5.41) is 20.9. The van der Waals surface area contributed by atoms with Crippen LogP contribution in [-0.2, 0) is 9.59 Å². The molecule has 8 heteroatoms. The van der Waals surface area contributed by atoms with E-state index in [0.717, 1.165) is 0 Å². The number of ether oxygens (including phenoxy) is 1. The summed E-state index contributed by atoms with van der Waals surface area (Å²) < 4.78 is 4.88. The molecule has 1 aromatic carbocycles. The summed E-state index contributed by atoms with van der Waals surface area (Å²) in [5.74, 6) is -2.72. The van der Waals surface area contributed by atoms with Gasteiger partial charge in [0.1, 0.15) is 17.5 Å². The van der Waals surface area contributed by atoms with Gasteiger partial charge in [-0.05, 0) is 18.6 Å². The zero-order chi connectivity index (χ0) is 16.0. The molecule has 0 aliphatic heterocycles. The third-order valence-electron chi connectivity index (χ3n) is 2.73. The molecule has 1 rings (SSSR count). The molecule has 2 amide bonds. The average Bonchev–Trinajstić information content (AvgIpc) is 2.42. The number of methoxy groups -OCH3 is 1. The minimum absolute atomic E-state index is 0.0962. The molecule has 0 spiro atoms. The minimum atomic E-state index is -1.29. The summed E-state index contributed by atoms with van der Waals surface area (Å²) in [6.07, 6.45) is -0.306. The van der Waals surface area contributed by atoms with Gasteiger partial charge in [-0.15, -0.1) is 0 Å². The first kappa shape index (κ1) is 16.3. The van der Waals surface area contributed by atoms with Gasteiger partial charge in [0, 0.05) is 12.5 Å². The number of phenols is 1. The molecule has 21 heavy (non-hydrogen) atoms. The van der Waals surface area contributed by atoms with Crippen molar-refractivity contribution in [2.75, 3.05) is 7.11 Å². The summed E-state index contributed by atoms with van der Waals surface area (Å²) in [6, 6.07) is 2.71. The van der Waals surface area contributed by atoms with Crippen LogP contribution in [0.1, 0.15) is 23.2 Å². The summed E-state index contributed by atoms with van der Waals surface area (Å²) in [4.78, 5) is 33.6. The van der Waals surface area contributed by atoms with E-state index < -0.39 is 23.8 Å². The first-order valence-electron chi connectivity index (χ1n) is 6.04. The number of hydrogen-bond donors (Lipinski definition) is 4. The number of nitrogens with two attached hydrogens (primary N) is 1. The second-order valence-corrected chi connectivity index (χ2v) is 4.25. The highest BCUT2D eigenvalue weighted by Gasteiger charge is 2.22. The Hall–Kier alpha value is -2.77. The molecular weight excluding hydrogens is 280 g/mol. The van der Waals surface area contributed by atoms with Crippen molar-refractivity contribution in [2.24, 2.45) is 5.73 Å². The summed E-state index contributed by atoms with van der Waals surface area (Å²) >= 11 is 0. The Morgan fingerprint density at radius 3 is 2.52 bits per heavy atom. The van der Waals surface area contributed by atoms with Crippen molar-refractivity contribution in [1.29, 1.82) is 0 Å². The molecule has 114 valence electrons. The van der Waals surface area contributed by atoms with Crippen molar-refractivity contribution in [3.05, 3.63) is 23.8 Å². The van der Waals surface area contributed by atoms with Gasteiger partial charge >= 0.3 is 5.97 Å². The third kappa shape index (κ3) is 4.68. The fourth-order valence-electron chi connectivity index (χ4n) is 1.61. The number of primary amides is 1. The molecule has 0 unspecified atom stereocenters. The zero-order valence-corrected chi connectivity index (χ0v) is 11.3. The van der Waals surface area contributed by atoms with Gasteiger partial charge in [0.25, 0.3) is 5.91 Å². The standard InChI is InChI=1S/C13H16N2O6/c1-21-7-2-3-8(10(16)6-7)12(18)15-9(13(19)20)4-5-11(14)17/h2-3,6,9,16H,4-5H2,1H3,(H2,14,17)(H,15,18)(H,19,20)/t9-/m0/s1. The van der Waals surface area contributed by atoms with E-state index in [2.05, 4.69) is 5.32 Å². The highest BCUT2D eigenvalue weighted by molar-refractivity contribution is 5.99. The smallest absolute Gasteiger partial charge is 0.326 e. The van der Waals surface area contributed by atoms with Gasteiger partial charge in [0.2, 0.25) is 5.91 Å². The lowest BCUT2D eigenvalue weighted by Gasteiger charge is -2.14. The molecule has 0 aromatic heterocycles. The Labute approximate surface area is 120 Å². The van der Waals surface area contributed by atoms with Gasteiger partial charge in [-0.25, -0.2) is 4.79 Å². The molecular formula is C13H16N2O6. The molecule has 0 aliphatic rings. The maximum atomic E-state index is 11.9. The molecule has 0 fully saturated rings. The molecule has 5 N–H and O–H groups in total. The Bertz CT molecular complexity index is 558. The largest absolute Gasteiger partial charge is 0.507 e. The van der Waals surface area contributed by atoms with Gasteiger partial charge in [-0.3, -0.25) is 9.59 Å². The lowest BCUT2D eigenvalue weighted by molar-refractivity contribution is -0.139. The Morgan fingerprint density at radius 1 is 1.38 bits per heavy atom. The predicted octanol–water partition coefficient (Wildman–Crippen LogP) is -0.151. The molecule has 8 nitrogen and oxygen atoms in total. The van der Waals surface area contributed by atoms with E-state index >= 15 is 0 Å². The van der Waals surface area contributed by atoms with E-state index in [4.69, 9.17) is 15.6 Å². The number of phenolic OH excluding ortho intramolecular Hbond substituents is 1. The number of carboxylic acids is 1. The number of carboxylic acid groups (broad SMARTS) is 1. The van der Waals surface area contributed by atoms with E-state index in [-0.39, 0.29) is 24.2 Å². The maximum Gasteiger partial charge on any atom is 0.326 e. The summed E-state index contributed by atoms with van der Waals surface area (Å²) in [6.45, 7) is 0. The molecule has 0 bridgehead atoms. The fourth-order valence-corrected chi connectivity index (χ4v) is 1.61. The number of carbonyl (C=O) groups is 3. The molecule has 0 heterocycles. The number of rotatable bonds is 7. The second kappa shape index (κ2) is 7.13. The van der Waals surface area contributed by atoms with Crippen molar-refractivity contribution >= 4 is 17.8 Å². The average molecular weight is 296 g/mol. The molecule has 0 saturated heterocycles. The lowest BCUT2D eigenvalue weighted by Crippen LogP contribution is -2.41. The van der Waals surface area contributed by atoms with Gasteiger partial charge in [-0.2, -0.15) is 0 Å². The van der Waals surface area contributed by atoms with Crippen molar-refractivity contribution in [3.63, 3.8) is 0 Å². The zero-order valence-electron chi connectivity index (χ0n) is 11.3. The van der Waals surface area contributed by atoms with Crippen LogP contribution >= 0.6 is 0 Å². The lowest BCUT2D eigenvalue weighted by atomic mass is 10.1. The van der Waals surface area contributed by atoms with E-state index in [1.54, 1.807) is 0 Å². The summed E-state index contributed by atoms with van der Waals surface area (Å²) in [5.41, 5.74) is 4.84. The van der Waals surface area contributed by atoms with Crippen LogP contribution in [0.15, 0.2) is 18.2 Å². The van der Waals surface area contributed by atoms with Gasteiger partial charge in [0.05, 0.1) is 12.7 Å². The SMILES string of the molecule is COc1ccc(C(=O)N[C@@H](CCC(N)=O)C(=O)O)c(O)c1. The van der Waals surface area contributed by atoms with Crippen LogP contribution in [-0.4, -0.2) is 41.1 Å². The second-order valence-electron chi connectivity index (χ2n) is 4.25. The number of nitrogens with one attached hydrogen (secondary N) is 1. The Morgan fingerprint density at radius 2 is 2.05 bits per heavy atom. The number of benzene rings is 1. The molecule has 0 saturated carbocycles. The normalized spacial score (nSPS) is 11.5. The van der Waals surface area contributed by atoms with Crippen LogP contribution in [0.2, 0.25) is 0 Å². The van der Waals surface area contributed by atoms with Crippen LogP contribution in [0, 0.1) is 0 Å². The van der Waals surface area contributed by atoms with Crippen LogP contribution in [0.5, 0.6) is 11.5 Å². The molecule has 0 aliphatic carbocycles. The van der Waals surface area contributed by atoms with E-state index in [1.165, 1.54) is 25.3 Å². The number of hydrogen-bond acceptors (Lipinski definition) is 5. The molecule has 1 atom stereocenters. The van der Waals surface area contributed by atoms with Crippen molar-refractivity contribution in [1.82, 2.24) is 5.32 Å². The van der Waals surface area contributed by atoms with Crippen LogP contribution in [0.4, 0.5) is 0 Å². The third-order valence-corrected chi connectivity index (χ3v) is 2.73. The van der Waals surface area contributed by atoms with Gasteiger partial charge in [-0.1, -0.05) is 0 Å². The summed E-state index contributed by atoms with van der Waals surface area (Å²) in [7, 11) is 1.40. The van der Waals surface area contributed by atoms with E-state index in [9.17, 15) is 19.5 Å². The first-order chi connectivity index (χ1) is 9.85. The van der Waals surface area contributed by atoms with Crippen LogP contribution < -0.4 is 15.8 Å². The Balaban J connectivity index is 2.82. The Kier molecular flexibility index (Phi) is 5.53. The van der Waals surface area contributed by atoms with Gasteiger partial charge in [0.15, 0.2) is 0 Å². The number of carbonyl (C=O) groups excluding carboxylic acids is 2. The maximum absolute atomic E-state index is 11.9. The molecule has 0 radical (unpaired) electrons. The highest BCUT2D eigenvalue weighted by Crippen LogP contribution is 2.23. The minimum Gasteiger partial charge on any atom is -0.507 e. The quantitative estimate of drug-likeness (QED) is 0.552. The van der Waals surface area contributed by atoms with Crippen molar-refractivity contribution in [3.8, 4) is 11.5 Å². The van der Waals surface area contributed by atoms with E-state index in [0.29, 0.717) is 5.75 Å². The number of aromatic hydroxyl groups is 1. The predicted molar refractivity (Wildman–Crippen MR) is 72.0 cm³/mol. The fraction of sp³-hybridized carbons (Fsp3) is 0.308. The van der Waals surface area contributed by atoms with Crippen molar-refractivity contribution in [2.45, 2.75) is 18.9 Å².